The summed E-state index contributed by atoms with van der Waals surface area (Å²) in [5.41, 5.74) is 5.46. The second kappa shape index (κ2) is 4.94. The van der Waals surface area contributed by atoms with Crippen LogP contribution in [-0.4, -0.2) is 41.7 Å². The third-order valence-electron chi connectivity index (χ3n) is 3.24. The van der Waals surface area contributed by atoms with Gasteiger partial charge in [-0.25, -0.2) is 0 Å². The van der Waals surface area contributed by atoms with Crippen molar-refractivity contribution in [3.63, 3.8) is 0 Å². The van der Waals surface area contributed by atoms with E-state index >= 15 is 0 Å². The highest BCUT2D eigenvalue weighted by Crippen LogP contribution is 2.31. The first-order chi connectivity index (χ1) is 6.99. The molecule has 4 heteroatoms. The molecule has 1 fully saturated rings. The number of hydrogen-bond donors (Lipinski definition) is 2. The Labute approximate surface area is 91.4 Å². The first kappa shape index (κ1) is 12.5. The molecular formula is C11H22N2O2. The van der Waals surface area contributed by atoms with E-state index in [-0.39, 0.29) is 12.5 Å². The lowest BCUT2D eigenvalue weighted by Gasteiger charge is -2.37. The second-order valence-electron chi connectivity index (χ2n) is 4.81. The molecule has 1 saturated carbocycles. The summed E-state index contributed by atoms with van der Waals surface area (Å²) in [5, 5.41) is 8.79. The lowest BCUT2D eigenvalue weighted by atomic mass is 9.76. The summed E-state index contributed by atoms with van der Waals surface area (Å²) in [6, 6.07) is 0. The summed E-state index contributed by atoms with van der Waals surface area (Å²) < 4.78 is 0. The Bertz CT molecular complexity index is 233. The van der Waals surface area contributed by atoms with Crippen molar-refractivity contribution in [1.82, 2.24) is 4.90 Å². The van der Waals surface area contributed by atoms with Crippen LogP contribution in [0.2, 0.25) is 0 Å². The Hall–Kier alpha value is -0.610. The Kier molecular flexibility index (Phi) is 4.11. The van der Waals surface area contributed by atoms with Gasteiger partial charge in [-0.2, -0.15) is 0 Å². The van der Waals surface area contributed by atoms with Crippen molar-refractivity contribution in [2.45, 2.75) is 38.1 Å². The van der Waals surface area contributed by atoms with E-state index in [2.05, 4.69) is 6.92 Å². The molecule has 0 aromatic heterocycles. The second-order valence-corrected chi connectivity index (χ2v) is 4.81. The van der Waals surface area contributed by atoms with Crippen LogP contribution < -0.4 is 5.73 Å². The standard InChI is InChI=1S/C11H22N2O2/c1-9-4-3-5-11(12,8-9)10(15)13(2)6-7-14/h9,14H,3-8,12H2,1-2H3. The van der Waals surface area contributed by atoms with Gasteiger partial charge in [0.05, 0.1) is 12.1 Å². The predicted molar refractivity (Wildman–Crippen MR) is 59.3 cm³/mol. The van der Waals surface area contributed by atoms with Crippen LogP contribution in [-0.2, 0) is 4.79 Å². The average molecular weight is 214 g/mol. The molecule has 4 nitrogen and oxygen atoms in total. The molecule has 1 amide bonds. The fourth-order valence-electron chi connectivity index (χ4n) is 2.42. The van der Waals surface area contributed by atoms with Gasteiger partial charge in [0, 0.05) is 13.6 Å². The lowest BCUT2D eigenvalue weighted by molar-refractivity contribution is -0.137. The minimum absolute atomic E-state index is 0.00608. The van der Waals surface area contributed by atoms with E-state index < -0.39 is 5.54 Å². The number of hydrogen-bond acceptors (Lipinski definition) is 3. The van der Waals surface area contributed by atoms with Gasteiger partial charge in [-0.3, -0.25) is 4.79 Å². The van der Waals surface area contributed by atoms with Crippen molar-refractivity contribution in [3.05, 3.63) is 0 Å². The maximum atomic E-state index is 12.0. The third-order valence-corrected chi connectivity index (χ3v) is 3.24. The number of nitrogens with zero attached hydrogens (tertiary/aromatic N) is 1. The molecule has 1 aliphatic rings. The molecule has 0 aliphatic heterocycles. The van der Waals surface area contributed by atoms with Crippen molar-refractivity contribution in [3.8, 4) is 0 Å². The van der Waals surface area contributed by atoms with E-state index in [1.54, 1.807) is 7.05 Å². The summed E-state index contributed by atoms with van der Waals surface area (Å²) in [6.07, 6.45) is 3.72. The summed E-state index contributed by atoms with van der Waals surface area (Å²) >= 11 is 0. The number of rotatable bonds is 3. The molecule has 88 valence electrons. The van der Waals surface area contributed by atoms with Gasteiger partial charge in [-0.15, -0.1) is 0 Å². The SMILES string of the molecule is CC1CCCC(N)(C(=O)N(C)CCO)C1. The highest BCUT2D eigenvalue weighted by Gasteiger charge is 2.39. The van der Waals surface area contributed by atoms with Crippen molar-refractivity contribution in [2.75, 3.05) is 20.2 Å². The van der Waals surface area contributed by atoms with Crippen LogP contribution in [0.25, 0.3) is 0 Å². The molecule has 0 aromatic rings. The number of aliphatic hydroxyl groups is 1. The monoisotopic (exact) mass is 214 g/mol. The molecule has 1 aliphatic carbocycles. The minimum Gasteiger partial charge on any atom is -0.395 e. The van der Waals surface area contributed by atoms with Crippen molar-refractivity contribution in [2.24, 2.45) is 11.7 Å². The van der Waals surface area contributed by atoms with Crippen LogP contribution in [0.1, 0.15) is 32.6 Å². The molecule has 0 saturated heterocycles. The lowest BCUT2D eigenvalue weighted by Crippen LogP contribution is -2.56. The molecule has 0 aromatic carbocycles. The Balaban J connectivity index is 2.63. The van der Waals surface area contributed by atoms with E-state index in [1.165, 1.54) is 4.90 Å². The van der Waals surface area contributed by atoms with Gasteiger partial charge in [-0.1, -0.05) is 19.8 Å². The zero-order valence-corrected chi connectivity index (χ0v) is 9.70. The van der Waals surface area contributed by atoms with Gasteiger partial charge < -0.3 is 15.7 Å². The van der Waals surface area contributed by atoms with Crippen LogP contribution in [0.5, 0.6) is 0 Å². The molecule has 2 unspecified atom stereocenters. The zero-order valence-electron chi connectivity index (χ0n) is 9.70. The van der Waals surface area contributed by atoms with Gasteiger partial charge in [0.15, 0.2) is 0 Å². The highest BCUT2D eigenvalue weighted by molar-refractivity contribution is 5.86. The van der Waals surface area contributed by atoms with Gasteiger partial charge in [0.25, 0.3) is 0 Å². The maximum Gasteiger partial charge on any atom is 0.242 e. The molecular weight excluding hydrogens is 192 g/mol. The van der Waals surface area contributed by atoms with Crippen molar-refractivity contribution < 1.29 is 9.90 Å². The van der Waals surface area contributed by atoms with Gasteiger partial charge in [0.2, 0.25) is 5.91 Å². The van der Waals surface area contributed by atoms with Crippen molar-refractivity contribution >= 4 is 5.91 Å². The van der Waals surface area contributed by atoms with Crippen molar-refractivity contribution in [1.29, 1.82) is 0 Å². The van der Waals surface area contributed by atoms with E-state index in [0.29, 0.717) is 12.5 Å². The molecule has 15 heavy (non-hydrogen) atoms. The summed E-state index contributed by atoms with van der Waals surface area (Å²) in [5.74, 6) is 0.498. The molecule has 0 spiro atoms. The largest absolute Gasteiger partial charge is 0.395 e. The maximum absolute atomic E-state index is 12.0. The predicted octanol–water partition coefficient (Wildman–Crippen LogP) is 0.345. The molecule has 0 heterocycles. The molecule has 1 rings (SSSR count). The Morgan fingerprint density at radius 3 is 2.87 bits per heavy atom. The van der Waals surface area contributed by atoms with Crippen LogP contribution in [0.3, 0.4) is 0 Å². The summed E-state index contributed by atoms with van der Waals surface area (Å²) in [7, 11) is 1.70. The Morgan fingerprint density at radius 1 is 1.67 bits per heavy atom. The first-order valence-corrected chi connectivity index (χ1v) is 5.65. The number of nitrogens with two attached hydrogens (primary N) is 1. The highest BCUT2D eigenvalue weighted by atomic mass is 16.3. The van der Waals surface area contributed by atoms with E-state index in [9.17, 15) is 4.79 Å². The van der Waals surface area contributed by atoms with E-state index in [4.69, 9.17) is 10.8 Å². The van der Waals surface area contributed by atoms with E-state index in [1.807, 2.05) is 0 Å². The van der Waals surface area contributed by atoms with Crippen LogP contribution >= 0.6 is 0 Å². The van der Waals surface area contributed by atoms with Gasteiger partial charge >= 0.3 is 0 Å². The number of aliphatic hydroxyl groups excluding tert-OH is 1. The quantitative estimate of drug-likeness (QED) is 0.712. The smallest absolute Gasteiger partial charge is 0.242 e. The number of carbonyl (C=O) groups excluding carboxylic acids is 1. The van der Waals surface area contributed by atoms with Crippen LogP contribution in [0.4, 0.5) is 0 Å². The third kappa shape index (κ3) is 2.92. The number of amides is 1. The number of carbonyl (C=O) groups is 1. The van der Waals surface area contributed by atoms with E-state index in [0.717, 1.165) is 25.7 Å². The fourth-order valence-corrected chi connectivity index (χ4v) is 2.42. The molecule has 3 N–H and O–H groups in total. The average Bonchev–Trinajstić information content (AvgIpc) is 2.16. The molecule has 2 atom stereocenters. The fraction of sp³-hybridized carbons (Fsp3) is 0.909. The minimum atomic E-state index is -0.693. The van der Waals surface area contributed by atoms with Crippen LogP contribution in [0, 0.1) is 5.92 Å². The Morgan fingerprint density at radius 2 is 2.33 bits per heavy atom. The summed E-state index contributed by atoms with van der Waals surface area (Å²) in [4.78, 5) is 13.6. The topological polar surface area (TPSA) is 66.6 Å². The molecule has 0 radical (unpaired) electrons. The zero-order chi connectivity index (χ0) is 11.5. The first-order valence-electron chi connectivity index (χ1n) is 5.65. The number of likely N-dealkylation sites (N-methyl/N-ethyl adjacent to an activating group) is 1. The van der Waals surface area contributed by atoms with Gasteiger partial charge in [0.1, 0.15) is 0 Å². The molecule has 0 bridgehead atoms. The van der Waals surface area contributed by atoms with Crippen LogP contribution in [0.15, 0.2) is 0 Å². The summed E-state index contributed by atoms with van der Waals surface area (Å²) in [6.45, 7) is 2.50. The normalized spacial score (nSPS) is 31.3. The van der Waals surface area contributed by atoms with Gasteiger partial charge in [-0.05, 0) is 18.8 Å².